The van der Waals surface area contributed by atoms with Gasteiger partial charge in [0.05, 0.1) is 7.11 Å². The van der Waals surface area contributed by atoms with Gasteiger partial charge in [-0.15, -0.1) is 0 Å². The number of ether oxygens (including phenoxy) is 3. The lowest BCUT2D eigenvalue weighted by molar-refractivity contribution is -0.157. The molecule has 0 saturated carbocycles. The van der Waals surface area contributed by atoms with Crippen LogP contribution in [0.4, 0.5) is 0 Å². The molecule has 0 aliphatic rings. The normalized spacial score (nSPS) is 11.2. The first kappa shape index (κ1) is 17.6. The fraction of sp³-hybridized carbons (Fsp3) is 0.333. The topological polar surface area (TPSA) is 82.1 Å². The van der Waals surface area contributed by atoms with Gasteiger partial charge < -0.3 is 19.3 Å². The van der Waals surface area contributed by atoms with Gasteiger partial charge in [-0.25, -0.2) is 9.59 Å². The first-order valence-corrected chi connectivity index (χ1v) is 7.39. The van der Waals surface area contributed by atoms with E-state index >= 15 is 0 Å². The van der Waals surface area contributed by atoms with E-state index in [-0.39, 0.29) is 17.9 Å². The largest absolute Gasteiger partial charge is 0.507 e. The average Bonchev–Trinajstić information content (AvgIpc) is 2.50. The number of phenols is 1. The molecule has 0 aliphatic heterocycles. The quantitative estimate of drug-likeness (QED) is 0.867. The molecule has 0 radical (unpaired) electrons. The maximum Gasteiger partial charge on any atom is 0.344 e. The molecule has 0 spiro atoms. The van der Waals surface area contributed by atoms with Crippen LogP contribution in [0.5, 0.6) is 11.5 Å². The monoisotopic (exact) mass is 332 g/mol. The minimum Gasteiger partial charge on any atom is -0.507 e. The average molecular weight is 332 g/mol. The number of phenolic OH excluding ortho intramolecular Hbond substituents is 1. The molecule has 24 heavy (non-hydrogen) atoms. The van der Waals surface area contributed by atoms with Crippen molar-refractivity contribution >= 4 is 22.7 Å². The zero-order valence-electron chi connectivity index (χ0n) is 14.1. The molecule has 1 N–H and O–H groups in total. The molecule has 0 amide bonds. The lowest BCUT2D eigenvalue weighted by atomic mass is 10.1. The Labute approximate surface area is 139 Å². The Hall–Kier alpha value is -2.76. The van der Waals surface area contributed by atoms with Crippen molar-refractivity contribution in [3.63, 3.8) is 0 Å². The van der Waals surface area contributed by atoms with Crippen molar-refractivity contribution in [3.05, 3.63) is 35.9 Å². The molecule has 0 heterocycles. The van der Waals surface area contributed by atoms with Crippen LogP contribution in [-0.4, -0.2) is 36.4 Å². The van der Waals surface area contributed by atoms with E-state index in [1.54, 1.807) is 39.0 Å². The number of aromatic hydroxyl groups is 1. The molecule has 0 atom stereocenters. The first-order chi connectivity index (χ1) is 11.2. The van der Waals surface area contributed by atoms with Crippen molar-refractivity contribution in [1.29, 1.82) is 0 Å². The Morgan fingerprint density at radius 3 is 2.42 bits per heavy atom. The number of hydrogen-bond donors (Lipinski definition) is 1. The number of methoxy groups -OCH3 is 1. The van der Waals surface area contributed by atoms with Crippen LogP contribution in [0.3, 0.4) is 0 Å². The summed E-state index contributed by atoms with van der Waals surface area (Å²) < 4.78 is 15.2. The molecule has 0 unspecified atom stereocenters. The lowest BCUT2D eigenvalue weighted by Crippen LogP contribution is -2.27. The molecule has 2 aromatic rings. The summed E-state index contributed by atoms with van der Waals surface area (Å²) in [5.41, 5.74) is -0.508. The van der Waals surface area contributed by atoms with E-state index in [9.17, 15) is 14.7 Å². The van der Waals surface area contributed by atoms with Crippen molar-refractivity contribution in [2.24, 2.45) is 0 Å². The van der Waals surface area contributed by atoms with Gasteiger partial charge in [0.2, 0.25) is 0 Å². The summed E-state index contributed by atoms with van der Waals surface area (Å²) in [6, 6.07) is 8.05. The molecule has 2 aromatic carbocycles. The smallest absolute Gasteiger partial charge is 0.344 e. The molecule has 0 bridgehead atoms. The minimum absolute atomic E-state index is 0.0642. The minimum atomic E-state index is -0.630. The fourth-order valence-corrected chi connectivity index (χ4v) is 2.14. The van der Waals surface area contributed by atoms with Gasteiger partial charge in [0.15, 0.2) is 6.61 Å². The predicted molar refractivity (Wildman–Crippen MR) is 88.3 cm³/mol. The van der Waals surface area contributed by atoms with Crippen molar-refractivity contribution in [2.45, 2.75) is 26.4 Å². The van der Waals surface area contributed by atoms with Crippen LogP contribution in [0.1, 0.15) is 31.1 Å². The number of carbonyl (C=O) groups is 2. The van der Waals surface area contributed by atoms with E-state index in [4.69, 9.17) is 9.47 Å². The lowest BCUT2D eigenvalue weighted by Gasteiger charge is -2.19. The van der Waals surface area contributed by atoms with Gasteiger partial charge in [-0.3, -0.25) is 0 Å². The van der Waals surface area contributed by atoms with Crippen LogP contribution >= 0.6 is 0 Å². The van der Waals surface area contributed by atoms with Gasteiger partial charge in [-0.1, -0.05) is 6.07 Å². The predicted octanol–water partition coefficient (Wildman–Crippen LogP) is 3.05. The standard InChI is InChI=1S/C18H20O6/c1-18(2,3)24-16(20)10-23-13-6-5-11-9-15(19)14(17(21)22-4)8-12(11)7-13/h5-9,19H,10H2,1-4H3. The Morgan fingerprint density at radius 2 is 1.79 bits per heavy atom. The van der Waals surface area contributed by atoms with Crippen molar-refractivity contribution in [3.8, 4) is 11.5 Å². The Bertz CT molecular complexity index is 773. The number of rotatable bonds is 4. The molecule has 0 aliphatic carbocycles. The zero-order chi connectivity index (χ0) is 17.9. The summed E-state index contributed by atoms with van der Waals surface area (Å²) in [6.45, 7) is 5.12. The van der Waals surface area contributed by atoms with Gasteiger partial charge in [0.25, 0.3) is 0 Å². The summed E-state index contributed by atoms with van der Waals surface area (Å²) in [7, 11) is 1.24. The van der Waals surface area contributed by atoms with Gasteiger partial charge in [-0.2, -0.15) is 0 Å². The van der Waals surface area contributed by atoms with Crippen molar-refractivity contribution in [1.82, 2.24) is 0 Å². The third kappa shape index (κ3) is 4.38. The van der Waals surface area contributed by atoms with E-state index in [0.717, 1.165) is 5.39 Å². The van der Waals surface area contributed by atoms with Gasteiger partial charge in [0, 0.05) is 0 Å². The maximum atomic E-state index is 11.7. The van der Waals surface area contributed by atoms with Crippen LogP contribution in [0.15, 0.2) is 30.3 Å². The van der Waals surface area contributed by atoms with E-state index in [0.29, 0.717) is 11.1 Å². The Balaban J connectivity index is 2.19. The number of esters is 2. The molecular formula is C18H20O6. The molecule has 0 fully saturated rings. The van der Waals surface area contributed by atoms with Crippen LogP contribution < -0.4 is 4.74 Å². The molecule has 0 saturated heterocycles. The van der Waals surface area contributed by atoms with Crippen molar-refractivity contribution < 1.29 is 28.9 Å². The highest BCUT2D eigenvalue weighted by atomic mass is 16.6. The third-order valence-corrected chi connectivity index (χ3v) is 3.11. The highest BCUT2D eigenvalue weighted by molar-refractivity contribution is 5.98. The Kier molecular flexibility index (Phi) is 4.97. The first-order valence-electron chi connectivity index (χ1n) is 7.39. The second-order valence-corrected chi connectivity index (χ2v) is 6.25. The highest BCUT2D eigenvalue weighted by Crippen LogP contribution is 2.28. The number of hydrogen-bond acceptors (Lipinski definition) is 6. The number of benzene rings is 2. The van der Waals surface area contributed by atoms with Crippen LogP contribution in [0, 0.1) is 0 Å². The summed E-state index contributed by atoms with van der Waals surface area (Å²) in [6.07, 6.45) is 0. The van der Waals surface area contributed by atoms with Crippen molar-refractivity contribution in [2.75, 3.05) is 13.7 Å². The van der Waals surface area contributed by atoms with E-state index in [1.807, 2.05) is 0 Å². The summed E-state index contributed by atoms with van der Waals surface area (Å²) in [4.78, 5) is 23.3. The molecular weight excluding hydrogens is 312 g/mol. The molecule has 2 rings (SSSR count). The maximum absolute atomic E-state index is 11.7. The SMILES string of the molecule is COC(=O)c1cc2cc(OCC(=O)OC(C)(C)C)ccc2cc1O. The van der Waals surface area contributed by atoms with Gasteiger partial charge in [0.1, 0.15) is 22.7 Å². The molecule has 128 valence electrons. The highest BCUT2D eigenvalue weighted by Gasteiger charge is 2.17. The molecule has 6 nitrogen and oxygen atoms in total. The van der Waals surface area contributed by atoms with Crippen LogP contribution in [0.2, 0.25) is 0 Å². The van der Waals surface area contributed by atoms with Gasteiger partial charge >= 0.3 is 11.9 Å². The summed E-state index contributed by atoms with van der Waals surface area (Å²) >= 11 is 0. The second-order valence-electron chi connectivity index (χ2n) is 6.25. The molecule has 6 heteroatoms. The number of carbonyl (C=O) groups excluding carboxylic acids is 2. The summed E-state index contributed by atoms with van der Waals surface area (Å²) in [5.74, 6) is -0.801. The van der Waals surface area contributed by atoms with E-state index in [2.05, 4.69) is 4.74 Å². The summed E-state index contributed by atoms with van der Waals surface area (Å²) in [5, 5.41) is 11.3. The van der Waals surface area contributed by atoms with Crippen LogP contribution in [0.25, 0.3) is 10.8 Å². The molecule has 0 aromatic heterocycles. The third-order valence-electron chi connectivity index (χ3n) is 3.11. The van der Waals surface area contributed by atoms with Crippen LogP contribution in [-0.2, 0) is 14.3 Å². The van der Waals surface area contributed by atoms with Gasteiger partial charge in [-0.05, 0) is 55.8 Å². The second kappa shape index (κ2) is 6.78. The number of fused-ring (bicyclic) bond motifs is 1. The Morgan fingerprint density at radius 1 is 1.08 bits per heavy atom. The van der Waals surface area contributed by atoms with E-state index in [1.165, 1.54) is 19.2 Å². The fourth-order valence-electron chi connectivity index (χ4n) is 2.14. The zero-order valence-corrected chi connectivity index (χ0v) is 14.1. The van der Waals surface area contributed by atoms with E-state index < -0.39 is 17.5 Å².